The van der Waals surface area contributed by atoms with Crippen molar-refractivity contribution in [3.63, 3.8) is 0 Å². The number of carbonyl (C=O) groups excluding carboxylic acids is 2. The third-order valence-corrected chi connectivity index (χ3v) is 4.50. The third-order valence-electron chi connectivity index (χ3n) is 3.97. The van der Waals surface area contributed by atoms with Gasteiger partial charge in [0, 0.05) is 23.7 Å². The predicted molar refractivity (Wildman–Crippen MR) is 99.1 cm³/mol. The van der Waals surface area contributed by atoms with E-state index in [1.165, 1.54) is 29.2 Å². The molecule has 1 N–H and O–H groups in total. The van der Waals surface area contributed by atoms with Crippen molar-refractivity contribution < 1.29 is 23.1 Å². The summed E-state index contributed by atoms with van der Waals surface area (Å²) < 4.78 is 28.9. The molecule has 0 atom stereocenters. The van der Waals surface area contributed by atoms with E-state index in [1.807, 2.05) is 0 Å². The molecular weight excluding hydrogens is 401 g/mol. The molecule has 0 bridgehead atoms. The van der Waals surface area contributed by atoms with E-state index in [-0.39, 0.29) is 22.2 Å². The highest BCUT2D eigenvalue weighted by atomic mass is 35.5. The lowest BCUT2D eigenvalue weighted by molar-refractivity contribution is -0.117. The number of benzene rings is 2. The van der Waals surface area contributed by atoms with Gasteiger partial charge in [-0.25, -0.2) is 0 Å². The number of amides is 2. The van der Waals surface area contributed by atoms with Crippen LogP contribution in [0.4, 0.5) is 20.2 Å². The highest BCUT2D eigenvalue weighted by Gasteiger charge is 2.26. The Bertz CT molecular complexity index is 893. The Morgan fingerprint density at radius 2 is 1.96 bits per heavy atom. The minimum Gasteiger partial charge on any atom is -0.433 e. The zero-order valence-corrected chi connectivity index (χ0v) is 15.4. The van der Waals surface area contributed by atoms with Crippen LogP contribution >= 0.6 is 23.2 Å². The van der Waals surface area contributed by atoms with Crippen LogP contribution in [-0.2, 0) is 4.79 Å². The van der Waals surface area contributed by atoms with Crippen LogP contribution in [-0.4, -0.2) is 25.0 Å². The number of alkyl halides is 2. The second-order valence-electron chi connectivity index (χ2n) is 5.79. The topological polar surface area (TPSA) is 58.6 Å². The summed E-state index contributed by atoms with van der Waals surface area (Å²) in [5, 5.41) is 2.96. The first kappa shape index (κ1) is 19.4. The van der Waals surface area contributed by atoms with Gasteiger partial charge in [0.05, 0.1) is 16.3 Å². The normalized spacial score (nSPS) is 14.0. The molecule has 27 heavy (non-hydrogen) atoms. The van der Waals surface area contributed by atoms with Gasteiger partial charge in [0.2, 0.25) is 5.91 Å². The first-order valence-corrected chi connectivity index (χ1v) is 8.76. The van der Waals surface area contributed by atoms with E-state index >= 15 is 0 Å². The quantitative estimate of drug-likeness (QED) is 0.750. The van der Waals surface area contributed by atoms with E-state index < -0.39 is 12.5 Å². The van der Waals surface area contributed by atoms with Crippen molar-refractivity contribution in [2.24, 2.45) is 0 Å². The smallest absolute Gasteiger partial charge is 0.387 e. The van der Waals surface area contributed by atoms with Gasteiger partial charge in [0.1, 0.15) is 5.75 Å². The van der Waals surface area contributed by atoms with Gasteiger partial charge in [-0.3, -0.25) is 9.59 Å². The number of hydrogen-bond donors (Lipinski definition) is 1. The lowest BCUT2D eigenvalue weighted by Gasteiger charge is -2.20. The number of ether oxygens (including phenoxy) is 1. The first-order chi connectivity index (χ1) is 12.8. The zero-order chi connectivity index (χ0) is 19.6. The number of nitrogens with zero attached hydrogens (tertiary/aromatic N) is 1. The molecule has 1 heterocycles. The molecule has 2 aromatic carbocycles. The number of hydrogen-bond acceptors (Lipinski definition) is 3. The van der Waals surface area contributed by atoms with Gasteiger partial charge in [-0.15, -0.1) is 0 Å². The number of carbonyl (C=O) groups is 2. The molecule has 3 rings (SSSR count). The third kappa shape index (κ3) is 4.48. The molecule has 142 valence electrons. The van der Waals surface area contributed by atoms with Gasteiger partial charge < -0.3 is 15.0 Å². The Morgan fingerprint density at radius 1 is 1.19 bits per heavy atom. The SMILES string of the molecule is O=C(Nc1ccc(OC(F)F)c(Cl)c1)c1ccc(Cl)cc1N1CCCC1=O. The summed E-state index contributed by atoms with van der Waals surface area (Å²) in [6, 6.07) is 8.55. The van der Waals surface area contributed by atoms with E-state index in [4.69, 9.17) is 23.2 Å². The molecule has 0 aliphatic carbocycles. The fourth-order valence-corrected chi connectivity index (χ4v) is 3.18. The molecule has 0 aromatic heterocycles. The van der Waals surface area contributed by atoms with Crippen molar-refractivity contribution >= 4 is 46.4 Å². The minimum absolute atomic E-state index is 0.0702. The Kier molecular flexibility index (Phi) is 5.82. The number of rotatable bonds is 5. The number of halogens is 4. The Labute approximate surface area is 163 Å². The molecule has 1 aliphatic rings. The summed E-state index contributed by atoms with van der Waals surface area (Å²) in [6.45, 7) is -2.50. The summed E-state index contributed by atoms with van der Waals surface area (Å²) >= 11 is 11.9. The maximum atomic E-state index is 12.7. The average molecular weight is 415 g/mol. The van der Waals surface area contributed by atoms with Gasteiger partial charge in [-0.05, 0) is 42.8 Å². The molecule has 9 heteroatoms. The summed E-state index contributed by atoms with van der Waals surface area (Å²) in [7, 11) is 0. The predicted octanol–water partition coefficient (Wildman–Crippen LogP) is 4.97. The Morgan fingerprint density at radius 3 is 2.59 bits per heavy atom. The highest BCUT2D eigenvalue weighted by molar-refractivity contribution is 6.32. The van der Waals surface area contributed by atoms with Crippen molar-refractivity contribution in [2.75, 3.05) is 16.8 Å². The summed E-state index contributed by atoms with van der Waals surface area (Å²) in [4.78, 5) is 26.3. The van der Waals surface area contributed by atoms with Crippen LogP contribution in [0.5, 0.6) is 5.75 Å². The van der Waals surface area contributed by atoms with Gasteiger partial charge in [0.15, 0.2) is 0 Å². The summed E-state index contributed by atoms with van der Waals surface area (Å²) in [5.41, 5.74) is 0.977. The van der Waals surface area contributed by atoms with Crippen molar-refractivity contribution in [3.8, 4) is 5.75 Å². The van der Waals surface area contributed by atoms with E-state index in [0.717, 1.165) is 0 Å². The van der Waals surface area contributed by atoms with Gasteiger partial charge in [-0.1, -0.05) is 23.2 Å². The molecule has 0 radical (unpaired) electrons. The fourth-order valence-electron chi connectivity index (χ4n) is 2.79. The second kappa shape index (κ2) is 8.10. The number of nitrogens with one attached hydrogen (secondary N) is 1. The molecule has 2 amide bonds. The largest absolute Gasteiger partial charge is 0.433 e. The molecule has 1 fully saturated rings. The molecule has 5 nitrogen and oxygen atoms in total. The minimum atomic E-state index is -3.00. The van der Waals surface area contributed by atoms with Crippen LogP contribution in [0.25, 0.3) is 0 Å². The molecule has 0 spiro atoms. The van der Waals surface area contributed by atoms with Crippen LogP contribution in [0.1, 0.15) is 23.2 Å². The second-order valence-corrected chi connectivity index (χ2v) is 6.63. The van der Waals surface area contributed by atoms with Crippen molar-refractivity contribution in [1.29, 1.82) is 0 Å². The van der Waals surface area contributed by atoms with Gasteiger partial charge in [-0.2, -0.15) is 8.78 Å². The summed E-state index contributed by atoms with van der Waals surface area (Å²) in [6.07, 6.45) is 1.11. The maximum Gasteiger partial charge on any atom is 0.387 e. The van der Waals surface area contributed by atoms with Gasteiger partial charge >= 0.3 is 6.61 Å². The molecular formula is C18H14Cl2F2N2O3. The first-order valence-electron chi connectivity index (χ1n) is 8.01. The molecule has 1 saturated heterocycles. The van der Waals surface area contributed by atoms with Crippen LogP contribution in [0.2, 0.25) is 10.0 Å². The molecule has 0 unspecified atom stereocenters. The Hall–Kier alpha value is -2.38. The van der Waals surface area contributed by atoms with E-state index in [2.05, 4.69) is 10.1 Å². The molecule has 2 aromatic rings. The number of anilines is 2. The summed E-state index contributed by atoms with van der Waals surface area (Å²) in [5.74, 6) is -0.762. The van der Waals surface area contributed by atoms with Crippen LogP contribution < -0.4 is 15.0 Å². The van der Waals surface area contributed by atoms with Crippen molar-refractivity contribution in [1.82, 2.24) is 0 Å². The fraction of sp³-hybridized carbons (Fsp3) is 0.222. The van der Waals surface area contributed by atoms with Crippen molar-refractivity contribution in [2.45, 2.75) is 19.5 Å². The maximum absolute atomic E-state index is 12.7. The molecule has 1 aliphatic heterocycles. The lowest BCUT2D eigenvalue weighted by atomic mass is 10.1. The lowest BCUT2D eigenvalue weighted by Crippen LogP contribution is -2.27. The monoisotopic (exact) mass is 414 g/mol. The highest BCUT2D eigenvalue weighted by Crippen LogP contribution is 2.31. The van der Waals surface area contributed by atoms with E-state index in [0.29, 0.717) is 35.8 Å². The van der Waals surface area contributed by atoms with Crippen molar-refractivity contribution in [3.05, 3.63) is 52.0 Å². The van der Waals surface area contributed by atoms with Crippen LogP contribution in [0.3, 0.4) is 0 Å². The standard InChI is InChI=1S/C18H14Cl2F2N2O3/c19-10-3-5-12(14(8-10)24-7-1-2-16(24)25)17(26)23-11-4-6-15(13(20)9-11)27-18(21)22/h3-6,8-9,18H,1-2,7H2,(H,23,26). The van der Waals surface area contributed by atoms with Crippen LogP contribution in [0.15, 0.2) is 36.4 Å². The van der Waals surface area contributed by atoms with E-state index in [9.17, 15) is 18.4 Å². The van der Waals surface area contributed by atoms with E-state index in [1.54, 1.807) is 12.1 Å². The molecule has 0 saturated carbocycles. The average Bonchev–Trinajstić information content (AvgIpc) is 3.02. The zero-order valence-electron chi connectivity index (χ0n) is 13.8. The van der Waals surface area contributed by atoms with Crippen LogP contribution in [0, 0.1) is 0 Å². The van der Waals surface area contributed by atoms with Gasteiger partial charge in [0.25, 0.3) is 5.91 Å². The Balaban J connectivity index is 1.84.